The number of nitro groups is 1. The van der Waals surface area contributed by atoms with Crippen LogP contribution in [0.1, 0.15) is 12.8 Å². The number of nitrogens with zero attached hydrogens (tertiary/aromatic N) is 4. The Morgan fingerprint density at radius 2 is 1.69 bits per heavy atom. The lowest BCUT2D eigenvalue weighted by atomic mass is 10.0. The lowest BCUT2D eigenvalue weighted by molar-refractivity contribution is -0.384. The van der Waals surface area contributed by atoms with Gasteiger partial charge in [0.1, 0.15) is 6.54 Å². The van der Waals surface area contributed by atoms with Crippen LogP contribution in [0, 0.1) is 10.1 Å². The highest BCUT2D eigenvalue weighted by atomic mass is 16.6. The minimum atomic E-state index is -0.493. The summed E-state index contributed by atoms with van der Waals surface area (Å²) < 4.78 is 0. The molecule has 10 nitrogen and oxygen atoms in total. The number of nitrogens with one attached hydrogen (secondary N) is 1. The highest BCUT2D eigenvalue weighted by Crippen LogP contribution is 2.26. The van der Waals surface area contributed by atoms with Crippen molar-refractivity contribution < 1.29 is 19.3 Å². The van der Waals surface area contributed by atoms with Gasteiger partial charge < -0.3 is 10.2 Å². The van der Waals surface area contributed by atoms with Crippen LogP contribution in [0.15, 0.2) is 54.6 Å². The summed E-state index contributed by atoms with van der Waals surface area (Å²) in [4.78, 5) is 52.7. The largest absolute Gasteiger partial charge is 0.332 e. The predicted molar refractivity (Wildman–Crippen MR) is 117 cm³/mol. The minimum Gasteiger partial charge on any atom is -0.325 e. The zero-order valence-corrected chi connectivity index (χ0v) is 17.3. The number of carbonyl (C=O) groups excluding carboxylic acids is 3. The molecular formula is C22H23N5O5. The fraction of sp³-hybridized carbons (Fsp3) is 0.318. The van der Waals surface area contributed by atoms with Crippen LogP contribution in [0.2, 0.25) is 0 Å². The number of para-hydroxylation sites is 1. The number of carbonyl (C=O) groups is 3. The number of nitro benzene ring substituents is 1. The van der Waals surface area contributed by atoms with Gasteiger partial charge in [0.2, 0.25) is 5.91 Å². The monoisotopic (exact) mass is 437 g/mol. The second-order valence-electron chi connectivity index (χ2n) is 7.83. The van der Waals surface area contributed by atoms with Crippen LogP contribution in [0.3, 0.4) is 0 Å². The molecule has 1 N–H and O–H groups in total. The SMILES string of the molecule is O=C(CN1CCC(N2CC(=O)N(c3ccccc3)C2=O)CC1)Nc1ccc([N+](=O)[O-])cc1. The minimum absolute atomic E-state index is 0.0363. The number of rotatable bonds is 6. The van der Waals surface area contributed by atoms with Gasteiger partial charge in [0.15, 0.2) is 0 Å². The van der Waals surface area contributed by atoms with Gasteiger partial charge in [-0.3, -0.25) is 24.6 Å². The number of imide groups is 1. The number of piperidine rings is 1. The van der Waals surface area contributed by atoms with Crippen molar-refractivity contribution in [3.05, 3.63) is 64.7 Å². The second-order valence-corrected chi connectivity index (χ2v) is 7.83. The first-order valence-electron chi connectivity index (χ1n) is 10.4. The van der Waals surface area contributed by atoms with Crippen LogP contribution < -0.4 is 10.2 Å². The molecule has 2 saturated heterocycles. The quantitative estimate of drug-likeness (QED) is 0.422. The van der Waals surface area contributed by atoms with Crippen LogP contribution in [0.5, 0.6) is 0 Å². The molecule has 0 aromatic heterocycles. The molecule has 166 valence electrons. The summed E-state index contributed by atoms with van der Waals surface area (Å²) in [6.07, 6.45) is 1.35. The highest BCUT2D eigenvalue weighted by Gasteiger charge is 2.41. The van der Waals surface area contributed by atoms with Crippen LogP contribution >= 0.6 is 0 Å². The molecule has 4 rings (SSSR count). The molecule has 2 aromatic rings. The zero-order chi connectivity index (χ0) is 22.7. The summed E-state index contributed by atoms with van der Waals surface area (Å²) in [5.74, 6) is -0.439. The van der Waals surface area contributed by atoms with Crippen molar-refractivity contribution in [3.8, 4) is 0 Å². The van der Waals surface area contributed by atoms with E-state index in [2.05, 4.69) is 5.32 Å². The maximum Gasteiger partial charge on any atom is 0.332 e. The van der Waals surface area contributed by atoms with E-state index in [4.69, 9.17) is 0 Å². The van der Waals surface area contributed by atoms with E-state index < -0.39 is 4.92 Å². The molecule has 2 aromatic carbocycles. The van der Waals surface area contributed by atoms with Crippen molar-refractivity contribution in [2.75, 3.05) is 36.4 Å². The Bertz CT molecular complexity index is 1020. The fourth-order valence-electron chi connectivity index (χ4n) is 4.10. The molecule has 0 spiro atoms. The van der Waals surface area contributed by atoms with Gasteiger partial charge in [0.25, 0.3) is 11.6 Å². The lowest BCUT2D eigenvalue weighted by Gasteiger charge is -2.35. The maximum absolute atomic E-state index is 12.9. The number of urea groups is 1. The molecule has 0 aliphatic carbocycles. The van der Waals surface area contributed by atoms with Crippen LogP contribution in [-0.2, 0) is 9.59 Å². The van der Waals surface area contributed by atoms with Crippen molar-refractivity contribution >= 4 is 34.9 Å². The first-order chi connectivity index (χ1) is 15.4. The second kappa shape index (κ2) is 9.15. The molecule has 0 bridgehead atoms. The number of amides is 4. The van der Waals surface area contributed by atoms with Crippen molar-refractivity contribution in [2.45, 2.75) is 18.9 Å². The Hall–Kier alpha value is -3.79. The van der Waals surface area contributed by atoms with Gasteiger partial charge in [-0.1, -0.05) is 18.2 Å². The first-order valence-corrected chi connectivity index (χ1v) is 10.4. The molecule has 10 heteroatoms. The molecule has 2 aliphatic rings. The lowest BCUT2D eigenvalue weighted by Crippen LogP contribution is -2.48. The number of non-ortho nitro benzene ring substituents is 1. The smallest absolute Gasteiger partial charge is 0.325 e. The average molecular weight is 437 g/mol. The van der Waals surface area contributed by atoms with Crippen molar-refractivity contribution in [2.24, 2.45) is 0 Å². The fourth-order valence-corrected chi connectivity index (χ4v) is 4.10. The average Bonchev–Trinajstić information content (AvgIpc) is 3.09. The standard InChI is InChI=1S/C22H23N5O5/c28-20(23-16-6-8-19(9-7-16)27(31)32)14-24-12-10-17(11-13-24)25-15-21(29)26(22(25)30)18-4-2-1-3-5-18/h1-9,17H,10-15H2,(H,23,28). The number of hydrogen-bond donors (Lipinski definition) is 1. The predicted octanol–water partition coefficient (Wildman–Crippen LogP) is 2.47. The summed E-state index contributed by atoms with van der Waals surface area (Å²) in [5.41, 5.74) is 1.04. The van der Waals surface area contributed by atoms with Crippen LogP contribution in [0.25, 0.3) is 0 Å². The van der Waals surface area contributed by atoms with E-state index in [1.807, 2.05) is 11.0 Å². The van der Waals surface area contributed by atoms with Gasteiger partial charge in [0.05, 0.1) is 17.2 Å². The Balaban J connectivity index is 1.28. The van der Waals surface area contributed by atoms with Gasteiger partial charge in [-0.2, -0.15) is 0 Å². The molecule has 0 saturated carbocycles. The van der Waals surface area contributed by atoms with E-state index >= 15 is 0 Å². The van der Waals surface area contributed by atoms with Gasteiger partial charge in [-0.05, 0) is 37.1 Å². The maximum atomic E-state index is 12.9. The Morgan fingerprint density at radius 3 is 2.31 bits per heavy atom. The Labute approximate surface area is 184 Å². The van der Waals surface area contributed by atoms with E-state index in [0.717, 1.165) is 0 Å². The highest BCUT2D eigenvalue weighted by molar-refractivity contribution is 6.19. The Kier molecular flexibility index (Phi) is 6.13. The van der Waals surface area contributed by atoms with Crippen molar-refractivity contribution in [1.29, 1.82) is 0 Å². The molecule has 0 atom stereocenters. The Morgan fingerprint density at radius 1 is 1.03 bits per heavy atom. The molecule has 2 fully saturated rings. The summed E-state index contributed by atoms with van der Waals surface area (Å²) >= 11 is 0. The normalized spacial score (nSPS) is 17.6. The third kappa shape index (κ3) is 4.59. The summed E-state index contributed by atoms with van der Waals surface area (Å²) in [6, 6.07) is 14.2. The van der Waals surface area contributed by atoms with Gasteiger partial charge in [-0.15, -0.1) is 0 Å². The number of benzene rings is 2. The topological polar surface area (TPSA) is 116 Å². The molecular weight excluding hydrogens is 414 g/mol. The van der Waals surface area contributed by atoms with Crippen LogP contribution in [0.4, 0.5) is 21.9 Å². The van der Waals surface area contributed by atoms with Crippen molar-refractivity contribution in [1.82, 2.24) is 9.80 Å². The van der Waals surface area contributed by atoms with E-state index in [1.54, 1.807) is 29.2 Å². The van der Waals surface area contributed by atoms with E-state index in [1.165, 1.54) is 29.2 Å². The molecule has 4 amide bonds. The van der Waals surface area contributed by atoms with Crippen LogP contribution in [-0.4, -0.2) is 64.8 Å². The third-order valence-electron chi connectivity index (χ3n) is 5.73. The van der Waals surface area contributed by atoms with E-state index in [9.17, 15) is 24.5 Å². The van der Waals surface area contributed by atoms with E-state index in [0.29, 0.717) is 37.3 Å². The zero-order valence-electron chi connectivity index (χ0n) is 17.3. The van der Waals surface area contributed by atoms with Gasteiger partial charge in [0, 0.05) is 37.0 Å². The summed E-state index contributed by atoms with van der Waals surface area (Å²) in [6.45, 7) is 1.51. The molecule has 2 heterocycles. The van der Waals surface area contributed by atoms with Gasteiger partial charge >= 0.3 is 6.03 Å². The molecule has 0 unspecified atom stereocenters. The summed E-state index contributed by atoms with van der Waals surface area (Å²) in [7, 11) is 0. The van der Waals surface area contributed by atoms with Crippen molar-refractivity contribution in [3.63, 3.8) is 0 Å². The third-order valence-corrected chi connectivity index (χ3v) is 5.73. The number of anilines is 2. The molecule has 2 aliphatic heterocycles. The summed E-state index contributed by atoms with van der Waals surface area (Å²) in [5, 5.41) is 13.5. The van der Waals surface area contributed by atoms with E-state index in [-0.39, 0.29) is 42.7 Å². The molecule has 0 radical (unpaired) electrons. The number of likely N-dealkylation sites (tertiary alicyclic amines) is 1. The number of hydrogen-bond acceptors (Lipinski definition) is 6. The molecule has 32 heavy (non-hydrogen) atoms. The van der Waals surface area contributed by atoms with Gasteiger partial charge in [-0.25, -0.2) is 9.69 Å². The first kappa shape index (κ1) is 21.4.